The molecule has 0 aliphatic carbocycles. The van der Waals surface area contributed by atoms with Gasteiger partial charge in [-0.3, -0.25) is 5.32 Å². The molecule has 2 aromatic carbocycles. The number of hydrogen-bond donors (Lipinski definition) is 2. The van der Waals surface area contributed by atoms with Gasteiger partial charge in [-0.2, -0.15) is 4.52 Å². The smallest absolute Gasteiger partial charge is 0.412 e. The summed E-state index contributed by atoms with van der Waals surface area (Å²) < 4.78 is 6.89. The summed E-state index contributed by atoms with van der Waals surface area (Å²) in [6.45, 7) is 9.45. The molecule has 30 heavy (non-hydrogen) atoms. The number of benzene rings is 2. The van der Waals surface area contributed by atoms with Crippen LogP contribution in [0.25, 0.3) is 16.7 Å². The lowest BCUT2D eigenvalue weighted by Gasteiger charge is -2.19. The van der Waals surface area contributed by atoms with Crippen molar-refractivity contribution in [2.24, 2.45) is 0 Å². The Bertz CT molecular complexity index is 1150. The van der Waals surface area contributed by atoms with Crippen molar-refractivity contribution in [3.8, 4) is 0 Å². The van der Waals surface area contributed by atoms with E-state index >= 15 is 0 Å². The van der Waals surface area contributed by atoms with Gasteiger partial charge in [0.2, 0.25) is 5.65 Å². The molecular weight excluding hydrogens is 382 g/mol. The van der Waals surface area contributed by atoms with E-state index in [1.165, 1.54) is 0 Å². The Morgan fingerprint density at radius 3 is 2.37 bits per heavy atom. The van der Waals surface area contributed by atoms with Gasteiger partial charge in [0.15, 0.2) is 5.82 Å². The molecule has 0 aliphatic rings. The van der Waals surface area contributed by atoms with Crippen LogP contribution in [0, 0.1) is 0 Å². The van der Waals surface area contributed by atoms with E-state index < -0.39 is 11.7 Å². The molecule has 0 bridgehead atoms. The Balaban J connectivity index is 0.00000124. The van der Waals surface area contributed by atoms with Crippen LogP contribution in [-0.2, 0) is 4.74 Å². The van der Waals surface area contributed by atoms with Gasteiger partial charge < -0.3 is 10.1 Å². The normalized spacial score (nSPS) is 11.0. The van der Waals surface area contributed by atoms with Crippen molar-refractivity contribution >= 4 is 40.0 Å². The maximum absolute atomic E-state index is 11.9. The summed E-state index contributed by atoms with van der Waals surface area (Å²) in [5.74, 6) is 0.538. The first-order chi connectivity index (χ1) is 14.4. The highest BCUT2D eigenvalue weighted by atomic mass is 16.6. The summed E-state index contributed by atoms with van der Waals surface area (Å²) in [6.07, 6.45) is -0.499. The minimum Gasteiger partial charge on any atom is -0.444 e. The van der Waals surface area contributed by atoms with Gasteiger partial charge in [-0.05, 0) is 67.6 Å². The van der Waals surface area contributed by atoms with Crippen molar-refractivity contribution in [2.45, 2.75) is 40.2 Å². The number of carbonyl (C=O) groups excluding carboxylic acids is 1. The standard InChI is InChI=1S/C19H19N7O2.C2H6/c1-19(2,3)28-18(27)21-13-10-8-12(9-11-13)20-16-17-23-24-25-26(17)15-7-5-4-6-14(15)22-16;1-2/h4-11H,1-3H3,(H,20,22)(H,21,27);1-2H3. The van der Waals surface area contributed by atoms with Crippen molar-refractivity contribution in [2.75, 3.05) is 10.6 Å². The third-order valence-electron chi connectivity index (χ3n) is 3.82. The average Bonchev–Trinajstić information content (AvgIpc) is 3.20. The largest absolute Gasteiger partial charge is 0.444 e. The molecule has 9 heteroatoms. The lowest BCUT2D eigenvalue weighted by atomic mass is 10.2. The van der Waals surface area contributed by atoms with Crippen LogP contribution in [0.4, 0.5) is 22.0 Å². The molecule has 0 fully saturated rings. The predicted octanol–water partition coefficient (Wildman–Crippen LogP) is 4.79. The molecule has 2 heterocycles. The monoisotopic (exact) mass is 407 g/mol. The van der Waals surface area contributed by atoms with Crippen LogP contribution in [0.5, 0.6) is 0 Å². The minimum absolute atomic E-state index is 0.499. The molecule has 2 aromatic heterocycles. The molecular formula is C21H25N7O2. The maximum Gasteiger partial charge on any atom is 0.412 e. The van der Waals surface area contributed by atoms with Gasteiger partial charge >= 0.3 is 6.09 Å². The SMILES string of the molecule is CC.CC(C)(C)OC(=O)Nc1ccc(Nc2nc3ccccc3n3nnnc23)cc1. The van der Waals surface area contributed by atoms with Crippen LogP contribution >= 0.6 is 0 Å². The molecule has 0 radical (unpaired) electrons. The highest BCUT2D eigenvalue weighted by Crippen LogP contribution is 2.23. The summed E-state index contributed by atoms with van der Waals surface area (Å²) in [6, 6.07) is 14.8. The van der Waals surface area contributed by atoms with Crippen LogP contribution in [-0.4, -0.2) is 36.7 Å². The number of anilines is 3. The quantitative estimate of drug-likeness (QED) is 0.503. The summed E-state index contributed by atoms with van der Waals surface area (Å²) in [4.78, 5) is 16.5. The maximum atomic E-state index is 11.9. The van der Waals surface area contributed by atoms with Crippen LogP contribution < -0.4 is 10.6 Å². The lowest BCUT2D eigenvalue weighted by Crippen LogP contribution is -2.27. The van der Waals surface area contributed by atoms with Crippen LogP contribution in [0.2, 0.25) is 0 Å². The third kappa shape index (κ3) is 4.80. The molecule has 0 saturated carbocycles. The Morgan fingerprint density at radius 1 is 1.00 bits per heavy atom. The molecule has 0 saturated heterocycles. The van der Waals surface area contributed by atoms with Gasteiger partial charge in [0.1, 0.15) is 5.60 Å². The number of nitrogens with one attached hydrogen (secondary N) is 2. The van der Waals surface area contributed by atoms with E-state index in [4.69, 9.17) is 4.74 Å². The number of carbonyl (C=O) groups is 1. The second-order valence-electron chi connectivity index (χ2n) is 7.19. The van der Waals surface area contributed by atoms with Gasteiger partial charge in [0.25, 0.3) is 0 Å². The number of ether oxygens (including phenoxy) is 1. The summed E-state index contributed by atoms with van der Waals surface area (Å²) in [5, 5.41) is 17.8. The summed E-state index contributed by atoms with van der Waals surface area (Å²) in [5.41, 5.74) is 2.97. The Kier molecular flexibility index (Phi) is 6.10. The van der Waals surface area contributed by atoms with E-state index in [2.05, 4.69) is 31.1 Å². The molecule has 1 amide bonds. The zero-order valence-corrected chi connectivity index (χ0v) is 17.7. The molecule has 0 atom stereocenters. The van der Waals surface area contributed by atoms with Crippen LogP contribution in [0.1, 0.15) is 34.6 Å². The van der Waals surface area contributed by atoms with E-state index in [-0.39, 0.29) is 0 Å². The zero-order chi connectivity index (χ0) is 21.7. The molecule has 156 valence electrons. The molecule has 9 nitrogen and oxygen atoms in total. The van der Waals surface area contributed by atoms with Crippen molar-refractivity contribution in [3.05, 3.63) is 48.5 Å². The number of hydrogen-bond acceptors (Lipinski definition) is 7. The van der Waals surface area contributed by atoms with Gasteiger partial charge in [-0.25, -0.2) is 9.78 Å². The number of aromatic nitrogens is 5. The second kappa shape index (κ2) is 8.73. The van der Waals surface area contributed by atoms with E-state index in [0.29, 0.717) is 17.2 Å². The minimum atomic E-state index is -0.551. The summed E-state index contributed by atoms with van der Waals surface area (Å²) >= 11 is 0. The first-order valence-corrected chi connectivity index (χ1v) is 9.73. The highest BCUT2D eigenvalue weighted by molar-refractivity contribution is 5.86. The predicted molar refractivity (Wildman–Crippen MR) is 117 cm³/mol. The van der Waals surface area contributed by atoms with E-state index in [9.17, 15) is 4.79 Å². The van der Waals surface area contributed by atoms with Crippen molar-refractivity contribution in [1.82, 2.24) is 25.0 Å². The highest BCUT2D eigenvalue weighted by Gasteiger charge is 2.16. The van der Waals surface area contributed by atoms with Crippen molar-refractivity contribution in [1.29, 1.82) is 0 Å². The summed E-state index contributed by atoms with van der Waals surface area (Å²) in [7, 11) is 0. The zero-order valence-electron chi connectivity index (χ0n) is 17.7. The fourth-order valence-electron chi connectivity index (χ4n) is 2.68. The number of nitrogens with zero attached hydrogens (tertiary/aromatic N) is 5. The topological polar surface area (TPSA) is 106 Å². The Morgan fingerprint density at radius 2 is 1.67 bits per heavy atom. The Hall–Kier alpha value is -3.75. The molecule has 4 aromatic rings. The van der Waals surface area contributed by atoms with Gasteiger partial charge in [-0.1, -0.05) is 26.0 Å². The number of rotatable bonds is 3. The van der Waals surface area contributed by atoms with E-state index in [0.717, 1.165) is 16.7 Å². The van der Waals surface area contributed by atoms with Gasteiger partial charge in [0, 0.05) is 11.4 Å². The number of amides is 1. The van der Waals surface area contributed by atoms with E-state index in [1.54, 1.807) is 16.6 Å². The average molecular weight is 407 g/mol. The number of tetrazole rings is 1. The van der Waals surface area contributed by atoms with Crippen LogP contribution in [0.15, 0.2) is 48.5 Å². The van der Waals surface area contributed by atoms with Crippen molar-refractivity contribution < 1.29 is 9.53 Å². The lowest BCUT2D eigenvalue weighted by molar-refractivity contribution is 0.0636. The number of fused-ring (bicyclic) bond motifs is 3. The Labute approximate surface area is 174 Å². The molecule has 2 N–H and O–H groups in total. The molecule has 0 spiro atoms. The third-order valence-corrected chi connectivity index (χ3v) is 3.82. The number of para-hydroxylation sites is 2. The molecule has 4 rings (SSSR count). The molecule has 0 unspecified atom stereocenters. The van der Waals surface area contributed by atoms with Crippen molar-refractivity contribution in [3.63, 3.8) is 0 Å². The molecule has 0 aliphatic heterocycles. The van der Waals surface area contributed by atoms with Gasteiger partial charge in [-0.15, -0.1) is 5.10 Å². The van der Waals surface area contributed by atoms with Crippen LogP contribution in [0.3, 0.4) is 0 Å². The van der Waals surface area contributed by atoms with Gasteiger partial charge in [0.05, 0.1) is 11.0 Å². The fraction of sp³-hybridized carbons (Fsp3) is 0.286. The first kappa shape index (κ1) is 21.0. The second-order valence-corrected chi connectivity index (χ2v) is 7.19. The first-order valence-electron chi connectivity index (χ1n) is 9.73. The van der Waals surface area contributed by atoms with E-state index in [1.807, 2.05) is 71.0 Å². The fourth-order valence-corrected chi connectivity index (χ4v) is 2.68.